The highest BCUT2D eigenvalue weighted by Gasteiger charge is 2.31. The van der Waals surface area contributed by atoms with Gasteiger partial charge in [0.1, 0.15) is 23.4 Å². The van der Waals surface area contributed by atoms with E-state index in [0.29, 0.717) is 23.7 Å². The minimum atomic E-state index is -4.60. The molecule has 248 valence electrons. The van der Waals surface area contributed by atoms with E-state index in [2.05, 4.69) is 35.0 Å². The smallest absolute Gasteiger partial charge is 0.393 e. The molecule has 0 spiro atoms. The van der Waals surface area contributed by atoms with Gasteiger partial charge >= 0.3 is 6.18 Å². The number of hydrogen-bond donors (Lipinski definition) is 1. The van der Waals surface area contributed by atoms with Crippen molar-refractivity contribution in [3.63, 3.8) is 0 Å². The Kier molecular flexibility index (Phi) is 10.8. The Morgan fingerprint density at radius 2 is 1.72 bits per heavy atom. The van der Waals surface area contributed by atoms with Crippen molar-refractivity contribution in [1.82, 2.24) is 20.1 Å². The summed E-state index contributed by atoms with van der Waals surface area (Å²) in [5.41, 5.74) is 0.417. The van der Waals surface area contributed by atoms with Crippen molar-refractivity contribution in [1.29, 1.82) is 0 Å². The lowest BCUT2D eigenvalue weighted by Gasteiger charge is -2.16. The number of alkyl halides is 3. The van der Waals surface area contributed by atoms with E-state index in [1.165, 1.54) is 25.0 Å². The van der Waals surface area contributed by atoms with Gasteiger partial charge in [0.2, 0.25) is 0 Å². The van der Waals surface area contributed by atoms with Crippen LogP contribution in [-0.2, 0) is 24.4 Å². The Labute approximate surface area is 269 Å². The molecule has 0 aliphatic rings. The zero-order chi connectivity index (χ0) is 33.8. The van der Waals surface area contributed by atoms with Crippen LogP contribution in [0, 0.1) is 5.82 Å². The number of aromatic nitrogens is 3. The standard InChI is InChI=1S/C31H35ClF4N4O5Si/c1-42-20-8-7-18(25(12-20)43-2)16-37-30(41)28-27-24(40(39-28)17-45-9-10-46(4,5)6)14-23(38-29(27)32)21-13-22(33)26(44-3)11-19(21)15-31(34,35)36/h7-8,11-14H,9-10,15-17H2,1-6H3,(H,37,41). The Hall–Kier alpha value is -3.88. The second-order valence-electron chi connectivity index (χ2n) is 11.7. The molecule has 2 aromatic heterocycles. The van der Waals surface area contributed by atoms with Gasteiger partial charge in [0.05, 0.1) is 44.3 Å². The first kappa shape index (κ1) is 35.0. The van der Waals surface area contributed by atoms with Gasteiger partial charge in [0.15, 0.2) is 17.3 Å². The molecule has 0 radical (unpaired) electrons. The molecular formula is C31H35ClF4N4O5Si. The van der Waals surface area contributed by atoms with Crippen LogP contribution in [0.2, 0.25) is 30.8 Å². The minimum Gasteiger partial charge on any atom is -0.497 e. The lowest BCUT2D eigenvalue weighted by Crippen LogP contribution is -2.24. The zero-order valence-corrected chi connectivity index (χ0v) is 28.0. The largest absolute Gasteiger partial charge is 0.497 e. The summed E-state index contributed by atoms with van der Waals surface area (Å²) in [5.74, 6) is -0.735. The number of methoxy groups -OCH3 is 3. The summed E-state index contributed by atoms with van der Waals surface area (Å²) in [5, 5.41) is 7.22. The highest BCUT2D eigenvalue weighted by Crippen LogP contribution is 2.37. The third-order valence-electron chi connectivity index (χ3n) is 7.09. The topological polar surface area (TPSA) is 96.7 Å². The Balaban J connectivity index is 1.77. The van der Waals surface area contributed by atoms with Crippen LogP contribution in [0.4, 0.5) is 17.6 Å². The van der Waals surface area contributed by atoms with Gasteiger partial charge in [-0.1, -0.05) is 31.2 Å². The van der Waals surface area contributed by atoms with Gasteiger partial charge < -0.3 is 24.3 Å². The lowest BCUT2D eigenvalue weighted by atomic mass is 9.99. The number of hydrogen-bond acceptors (Lipinski definition) is 7. The predicted octanol–water partition coefficient (Wildman–Crippen LogP) is 7.26. The maximum Gasteiger partial charge on any atom is 0.393 e. The van der Waals surface area contributed by atoms with Gasteiger partial charge in [-0.25, -0.2) is 14.1 Å². The van der Waals surface area contributed by atoms with Gasteiger partial charge in [-0.15, -0.1) is 0 Å². The molecule has 0 saturated carbocycles. The van der Waals surface area contributed by atoms with Crippen LogP contribution < -0.4 is 19.5 Å². The number of nitrogens with one attached hydrogen (secondary N) is 1. The van der Waals surface area contributed by atoms with E-state index in [9.17, 15) is 22.4 Å². The van der Waals surface area contributed by atoms with E-state index in [4.69, 9.17) is 30.5 Å². The molecular weight excluding hydrogens is 648 g/mol. The summed E-state index contributed by atoms with van der Waals surface area (Å²) in [4.78, 5) is 17.8. The summed E-state index contributed by atoms with van der Waals surface area (Å²) < 4.78 is 78.2. The zero-order valence-electron chi connectivity index (χ0n) is 26.3. The normalized spacial score (nSPS) is 12.0. The number of halogens is 5. The predicted molar refractivity (Wildman–Crippen MR) is 169 cm³/mol. The molecule has 9 nitrogen and oxygen atoms in total. The second-order valence-corrected chi connectivity index (χ2v) is 17.7. The number of rotatable bonds is 13. The van der Waals surface area contributed by atoms with Crippen LogP contribution in [0.1, 0.15) is 21.6 Å². The molecule has 2 heterocycles. The van der Waals surface area contributed by atoms with Crippen molar-refractivity contribution in [2.75, 3.05) is 27.9 Å². The number of benzene rings is 2. The molecule has 0 aliphatic carbocycles. The number of fused-ring (bicyclic) bond motifs is 1. The molecule has 0 atom stereocenters. The monoisotopic (exact) mass is 682 g/mol. The third kappa shape index (κ3) is 8.47. The van der Waals surface area contributed by atoms with Crippen LogP contribution in [0.15, 0.2) is 36.4 Å². The molecule has 0 aliphatic heterocycles. The minimum absolute atomic E-state index is 0.0449. The first-order chi connectivity index (χ1) is 21.6. The van der Waals surface area contributed by atoms with Gasteiger partial charge in [-0.3, -0.25) is 4.79 Å². The summed E-state index contributed by atoms with van der Waals surface area (Å²) in [6.45, 7) is 7.02. The molecule has 46 heavy (non-hydrogen) atoms. The Bertz CT molecular complexity index is 1730. The van der Waals surface area contributed by atoms with Gasteiger partial charge in [0.25, 0.3) is 5.91 Å². The van der Waals surface area contributed by atoms with E-state index >= 15 is 0 Å². The summed E-state index contributed by atoms with van der Waals surface area (Å²) >= 11 is 6.62. The number of pyridine rings is 1. The first-order valence-corrected chi connectivity index (χ1v) is 18.3. The molecule has 4 rings (SSSR count). The SMILES string of the molecule is COc1ccc(CNC(=O)c2nn(COCC[Si](C)(C)C)c3cc(-c4cc(F)c(OC)cc4CC(F)(F)F)nc(Cl)c23)c(OC)c1. The number of nitrogens with zero attached hydrogens (tertiary/aromatic N) is 3. The van der Waals surface area contributed by atoms with Gasteiger partial charge in [0, 0.05) is 38.4 Å². The van der Waals surface area contributed by atoms with Gasteiger partial charge in [-0.05, 0) is 41.9 Å². The van der Waals surface area contributed by atoms with E-state index in [-0.39, 0.29) is 57.6 Å². The highest BCUT2D eigenvalue weighted by atomic mass is 35.5. The van der Waals surface area contributed by atoms with E-state index in [0.717, 1.165) is 25.3 Å². The number of carbonyl (C=O) groups is 1. The number of amides is 1. The van der Waals surface area contributed by atoms with E-state index in [1.807, 2.05) is 0 Å². The Morgan fingerprint density at radius 1 is 1.00 bits per heavy atom. The fourth-order valence-corrected chi connectivity index (χ4v) is 5.72. The van der Waals surface area contributed by atoms with Crippen LogP contribution in [0.5, 0.6) is 17.2 Å². The van der Waals surface area contributed by atoms with Crippen molar-refractivity contribution in [3.05, 3.63) is 64.2 Å². The summed E-state index contributed by atoms with van der Waals surface area (Å²) in [6.07, 6.45) is -5.97. The molecule has 0 saturated heterocycles. The summed E-state index contributed by atoms with van der Waals surface area (Å²) in [6, 6.07) is 9.34. The molecule has 2 aromatic carbocycles. The van der Waals surface area contributed by atoms with Crippen LogP contribution in [0.3, 0.4) is 0 Å². The van der Waals surface area contributed by atoms with Crippen molar-refractivity contribution < 1.29 is 41.3 Å². The quantitative estimate of drug-likeness (QED) is 0.0686. The van der Waals surface area contributed by atoms with Gasteiger partial charge in [-0.2, -0.15) is 18.3 Å². The molecule has 1 N–H and O–H groups in total. The maximum absolute atomic E-state index is 14.8. The van der Waals surface area contributed by atoms with Crippen molar-refractivity contribution in [2.24, 2.45) is 0 Å². The van der Waals surface area contributed by atoms with Crippen LogP contribution >= 0.6 is 11.6 Å². The highest BCUT2D eigenvalue weighted by molar-refractivity contribution is 6.76. The molecule has 0 unspecified atom stereocenters. The van der Waals surface area contributed by atoms with Crippen molar-refractivity contribution >= 4 is 36.5 Å². The number of carbonyl (C=O) groups excluding carboxylic acids is 1. The first-order valence-electron chi connectivity index (χ1n) is 14.2. The number of ether oxygens (including phenoxy) is 4. The van der Waals surface area contributed by atoms with E-state index < -0.39 is 32.4 Å². The molecule has 0 bridgehead atoms. The van der Waals surface area contributed by atoms with Crippen LogP contribution in [-0.4, -0.2) is 62.9 Å². The average Bonchev–Trinajstić information content (AvgIpc) is 3.36. The second kappa shape index (κ2) is 14.3. The third-order valence-corrected chi connectivity index (χ3v) is 9.07. The van der Waals surface area contributed by atoms with E-state index in [1.54, 1.807) is 18.2 Å². The fourth-order valence-electron chi connectivity index (χ4n) is 4.68. The molecule has 1 amide bonds. The Morgan fingerprint density at radius 3 is 2.35 bits per heavy atom. The molecule has 4 aromatic rings. The average molecular weight is 683 g/mol. The van der Waals surface area contributed by atoms with Crippen molar-refractivity contribution in [2.45, 2.75) is 51.6 Å². The summed E-state index contributed by atoms with van der Waals surface area (Å²) in [7, 11) is 2.76. The van der Waals surface area contributed by atoms with Crippen LogP contribution in [0.25, 0.3) is 22.2 Å². The molecule has 0 fully saturated rings. The lowest BCUT2D eigenvalue weighted by molar-refractivity contribution is -0.127. The molecule has 15 heteroatoms. The fraction of sp³-hybridized carbons (Fsp3) is 0.387. The maximum atomic E-state index is 14.8. The van der Waals surface area contributed by atoms with Crippen molar-refractivity contribution in [3.8, 4) is 28.5 Å².